The molecule has 3 aromatic carbocycles. The van der Waals surface area contributed by atoms with Crippen LogP contribution in [0.15, 0.2) is 109 Å². The molecule has 0 saturated heterocycles. The molecule has 27 heavy (non-hydrogen) atoms. The summed E-state index contributed by atoms with van der Waals surface area (Å²) >= 11 is 0. The lowest BCUT2D eigenvalue weighted by molar-refractivity contribution is 0.604. The van der Waals surface area contributed by atoms with Crippen LogP contribution in [0.5, 0.6) is 0 Å². The topological polar surface area (TPSA) is 0 Å². The molecule has 4 rings (SSSR count). The van der Waals surface area contributed by atoms with E-state index in [0.717, 1.165) is 12.6 Å². The third-order valence-corrected chi connectivity index (χ3v) is 8.13. The molecule has 1 atom stereocenters. The molecule has 1 aliphatic carbocycles. The van der Waals surface area contributed by atoms with Crippen molar-refractivity contribution in [2.75, 3.05) is 6.16 Å². The van der Waals surface area contributed by atoms with Gasteiger partial charge in [-0.05, 0) is 49.2 Å². The highest BCUT2D eigenvalue weighted by Crippen LogP contribution is 2.46. The SMILES string of the molecule is Cc1ccccc1C1(CP(c2ccccc2)c2ccccc2)C=CC=CC1. The Kier molecular flexibility index (Phi) is 5.37. The molecular weight excluding hydrogens is 343 g/mol. The zero-order valence-electron chi connectivity index (χ0n) is 15.8. The van der Waals surface area contributed by atoms with E-state index in [0.29, 0.717) is 0 Å². The molecule has 0 bridgehead atoms. The summed E-state index contributed by atoms with van der Waals surface area (Å²) in [6, 6.07) is 31.0. The summed E-state index contributed by atoms with van der Waals surface area (Å²) in [5.41, 5.74) is 2.90. The van der Waals surface area contributed by atoms with Crippen molar-refractivity contribution in [2.45, 2.75) is 18.8 Å². The second-order valence-corrected chi connectivity index (χ2v) is 9.42. The van der Waals surface area contributed by atoms with Crippen LogP contribution in [0.3, 0.4) is 0 Å². The fraction of sp³-hybridized carbons (Fsp3) is 0.154. The molecule has 0 heterocycles. The predicted octanol–water partition coefficient (Wildman–Crippen LogP) is 5.88. The van der Waals surface area contributed by atoms with Crippen LogP contribution in [0.4, 0.5) is 0 Å². The molecule has 0 N–H and O–H groups in total. The van der Waals surface area contributed by atoms with Gasteiger partial charge in [0, 0.05) is 5.41 Å². The van der Waals surface area contributed by atoms with Crippen molar-refractivity contribution in [1.29, 1.82) is 0 Å². The standard InChI is InChI=1S/C26H25P/c1-22-13-9-10-18-25(22)26(19-11-4-12-20-26)21-27(23-14-5-2-6-15-23)24-16-7-3-8-17-24/h2-19H,20-21H2,1H3. The summed E-state index contributed by atoms with van der Waals surface area (Å²) in [5.74, 6) is 0. The smallest absolute Gasteiger partial charge is 0.0217 e. The fourth-order valence-electron chi connectivity index (χ4n) is 4.03. The number of hydrogen-bond donors (Lipinski definition) is 0. The molecule has 0 radical (unpaired) electrons. The van der Waals surface area contributed by atoms with E-state index in [1.807, 2.05) is 0 Å². The molecule has 1 aliphatic rings. The molecule has 0 saturated carbocycles. The van der Waals surface area contributed by atoms with Gasteiger partial charge in [0.1, 0.15) is 0 Å². The summed E-state index contributed by atoms with van der Waals surface area (Å²) in [5, 5.41) is 2.91. The fourth-order valence-corrected chi connectivity index (χ4v) is 6.72. The summed E-state index contributed by atoms with van der Waals surface area (Å²) in [4.78, 5) is 0. The average molecular weight is 368 g/mol. The zero-order valence-corrected chi connectivity index (χ0v) is 16.6. The van der Waals surface area contributed by atoms with Gasteiger partial charge < -0.3 is 0 Å². The van der Waals surface area contributed by atoms with Gasteiger partial charge in [0.05, 0.1) is 0 Å². The van der Waals surface area contributed by atoms with E-state index in [1.54, 1.807) is 0 Å². The highest BCUT2D eigenvalue weighted by molar-refractivity contribution is 7.73. The molecule has 0 fully saturated rings. The lowest BCUT2D eigenvalue weighted by atomic mass is 9.75. The van der Waals surface area contributed by atoms with Gasteiger partial charge in [0.2, 0.25) is 0 Å². The normalized spacial score (nSPS) is 18.7. The van der Waals surface area contributed by atoms with Crippen LogP contribution in [0.25, 0.3) is 0 Å². The number of hydrogen-bond acceptors (Lipinski definition) is 0. The molecule has 134 valence electrons. The Balaban J connectivity index is 1.81. The van der Waals surface area contributed by atoms with Gasteiger partial charge in [-0.3, -0.25) is 0 Å². The summed E-state index contributed by atoms with van der Waals surface area (Å²) < 4.78 is 0. The van der Waals surface area contributed by atoms with Crippen molar-refractivity contribution in [2.24, 2.45) is 0 Å². The highest BCUT2D eigenvalue weighted by atomic mass is 31.1. The number of allylic oxidation sites excluding steroid dienone is 4. The van der Waals surface area contributed by atoms with Gasteiger partial charge in [-0.2, -0.15) is 0 Å². The van der Waals surface area contributed by atoms with Crippen molar-refractivity contribution in [1.82, 2.24) is 0 Å². The van der Waals surface area contributed by atoms with Crippen LogP contribution in [-0.4, -0.2) is 6.16 Å². The van der Waals surface area contributed by atoms with E-state index in [4.69, 9.17) is 0 Å². The van der Waals surface area contributed by atoms with Crippen LogP contribution in [0.1, 0.15) is 17.5 Å². The first-order valence-corrected chi connectivity index (χ1v) is 11.1. The molecule has 0 spiro atoms. The van der Waals surface area contributed by atoms with Crippen LogP contribution in [0, 0.1) is 6.92 Å². The van der Waals surface area contributed by atoms with E-state index < -0.39 is 7.92 Å². The quantitative estimate of drug-likeness (QED) is 0.493. The maximum Gasteiger partial charge on any atom is 0.0217 e. The Labute approximate surface area is 164 Å². The predicted molar refractivity (Wildman–Crippen MR) is 120 cm³/mol. The second kappa shape index (κ2) is 8.07. The number of aryl methyl sites for hydroxylation is 1. The van der Waals surface area contributed by atoms with Gasteiger partial charge in [0.25, 0.3) is 0 Å². The molecule has 0 aromatic heterocycles. The Morgan fingerprint density at radius 2 is 1.33 bits per heavy atom. The minimum atomic E-state index is -0.443. The Hall–Kier alpha value is -2.43. The largest absolute Gasteiger partial charge is 0.0833 e. The zero-order chi connectivity index (χ0) is 18.5. The van der Waals surface area contributed by atoms with Crippen molar-refractivity contribution in [3.8, 4) is 0 Å². The maximum absolute atomic E-state index is 2.44. The van der Waals surface area contributed by atoms with E-state index in [9.17, 15) is 0 Å². The van der Waals surface area contributed by atoms with Crippen LogP contribution >= 0.6 is 7.92 Å². The summed E-state index contributed by atoms with van der Waals surface area (Å²) in [7, 11) is -0.443. The van der Waals surface area contributed by atoms with Crippen molar-refractivity contribution in [3.63, 3.8) is 0 Å². The Morgan fingerprint density at radius 1 is 0.741 bits per heavy atom. The molecule has 1 unspecified atom stereocenters. The van der Waals surface area contributed by atoms with Crippen LogP contribution < -0.4 is 10.6 Å². The molecule has 0 amide bonds. The Morgan fingerprint density at radius 3 is 1.89 bits per heavy atom. The molecule has 0 aliphatic heterocycles. The van der Waals surface area contributed by atoms with Crippen molar-refractivity contribution >= 4 is 18.5 Å². The number of rotatable bonds is 5. The van der Waals surface area contributed by atoms with Gasteiger partial charge >= 0.3 is 0 Å². The first-order valence-electron chi connectivity index (χ1n) is 9.57. The third-order valence-electron chi connectivity index (χ3n) is 5.40. The minimum Gasteiger partial charge on any atom is -0.0833 e. The lowest BCUT2D eigenvalue weighted by Crippen LogP contribution is -2.32. The van der Waals surface area contributed by atoms with Crippen LogP contribution in [-0.2, 0) is 5.41 Å². The third kappa shape index (κ3) is 3.82. The monoisotopic (exact) mass is 368 g/mol. The maximum atomic E-state index is 2.44. The Bertz CT molecular complexity index is 901. The number of benzene rings is 3. The molecular formula is C26H25P. The average Bonchev–Trinajstić information content (AvgIpc) is 2.74. The first kappa shape index (κ1) is 18.0. The van der Waals surface area contributed by atoms with Gasteiger partial charge in [0.15, 0.2) is 0 Å². The van der Waals surface area contributed by atoms with E-state index in [2.05, 4.69) is 116 Å². The molecule has 1 heteroatoms. The molecule has 3 aromatic rings. The second-order valence-electron chi connectivity index (χ2n) is 7.22. The summed E-state index contributed by atoms with van der Waals surface area (Å²) in [6.45, 7) is 2.25. The highest BCUT2D eigenvalue weighted by Gasteiger charge is 2.34. The van der Waals surface area contributed by atoms with E-state index in [1.165, 1.54) is 21.7 Å². The lowest BCUT2D eigenvalue weighted by Gasteiger charge is -2.37. The minimum absolute atomic E-state index is 0.0531. The van der Waals surface area contributed by atoms with Gasteiger partial charge in [-0.1, -0.05) is 109 Å². The van der Waals surface area contributed by atoms with Crippen molar-refractivity contribution < 1.29 is 0 Å². The van der Waals surface area contributed by atoms with E-state index >= 15 is 0 Å². The van der Waals surface area contributed by atoms with Crippen molar-refractivity contribution in [3.05, 3.63) is 120 Å². The van der Waals surface area contributed by atoms with Crippen LogP contribution in [0.2, 0.25) is 0 Å². The van der Waals surface area contributed by atoms with E-state index in [-0.39, 0.29) is 5.41 Å². The van der Waals surface area contributed by atoms with Gasteiger partial charge in [-0.15, -0.1) is 0 Å². The first-order chi connectivity index (χ1) is 13.3. The summed E-state index contributed by atoms with van der Waals surface area (Å²) in [6.07, 6.45) is 11.4. The molecule has 0 nitrogen and oxygen atoms in total. The van der Waals surface area contributed by atoms with Gasteiger partial charge in [-0.25, -0.2) is 0 Å².